The smallest absolute Gasteiger partial charge is 0.261 e. The lowest BCUT2D eigenvalue weighted by Gasteiger charge is -2.09. The van der Waals surface area contributed by atoms with Crippen molar-refractivity contribution in [3.05, 3.63) is 109 Å². The second-order valence-corrected chi connectivity index (χ2v) is 11.0. The Morgan fingerprint density at radius 2 is 0.969 bits per heavy atom. The first kappa shape index (κ1) is 21.8. The summed E-state index contributed by atoms with van der Waals surface area (Å²) in [5.41, 5.74) is 3.04. The largest absolute Gasteiger partial charge is 0.280 e. The molecule has 0 spiro atoms. The quantitative estimate of drug-likeness (QED) is 0.421. The predicted molar refractivity (Wildman–Crippen MR) is 126 cm³/mol. The molecule has 0 fully saturated rings. The summed E-state index contributed by atoms with van der Waals surface area (Å²) in [5.74, 6) is 0. The summed E-state index contributed by atoms with van der Waals surface area (Å²) >= 11 is 0. The van der Waals surface area contributed by atoms with E-state index in [-0.39, 0.29) is 14.7 Å². The van der Waals surface area contributed by atoms with Crippen molar-refractivity contribution >= 4 is 25.5 Å². The molecular formula is C25H21NO4S2. The van der Waals surface area contributed by atoms with E-state index in [1.54, 1.807) is 84.9 Å². The van der Waals surface area contributed by atoms with Gasteiger partial charge < -0.3 is 0 Å². The van der Waals surface area contributed by atoms with Gasteiger partial charge in [0.05, 0.1) is 14.7 Å². The van der Waals surface area contributed by atoms with Crippen molar-refractivity contribution in [2.75, 3.05) is 4.72 Å². The van der Waals surface area contributed by atoms with Crippen LogP contribution in [0.5, 0.6) is 0 Å². The molecule has 0 aliphatic carbocycles. The summed E-state index contributed by atoms with van der Waals surface area (Å²) in [6.45, 7) is 1.90. The van der Waals surface area contributed by atoms with Crippen LogP contribution in [0.1, 0.15) is 5.56 Å². The molecule has 0 saturated carbocycles. The molecule has 32 heavy (non-hydrogen) atoms. The van der Waals surface area contributed by atoms with Crippen molar-refractivity contribution < 1.29 is 16.8 Å². The van der Waals surface area contributed by atoms with Crippen LogP contribution in [0.4, 0.5) is 5.69 Å². The van der Waals surface area contributed by atoms with Gasteiger partial charge in [-0.25, -0.2) is 16.8 Å². The maximum absolute atomic E-state index is 12.8. The Labute approximate surface area is 188 Å². The predicted octanol–water partition coefficient (Wildman–Crippen LogP) is 5.30. The number of sulfone groups is 1. The van der Waals surface area contributed by atoms with Gasteiger partial charge in [-0.2, -0.15) is 0 Å². The van der Waals surface area contributed by atoms with Gasteiger partial charge in [-0.15, -0.1) is 0 Å². The van der Waals surface area contributed by atoms with E-state index >= 15 is 0 Å². The summed E-state index contributed by atoms with van der Waals surface area (Å²) in [6, 6.07) is 28.4. The van der Waals surface area contributed by atoms with Gasteiger partial charge in [0.15, 0.2) is 0 Å². The molecule has 162 valence electrons. The third-order valence-corrected chi connectivity index (χ3v) is 8.20. The molecule has 0 saturated heterocycles. The fourth-order valence-electron chi connectivity index (χ4n) is 3.23. The zero-order valence-corrected chi connectivity index (χ0v) is 18.9. The summed E-state index contributed by atoms with van der Waals surface area (Å²) in [6.07, 6.45) is 0. The third kappa shape index (κ3) is 4.59. The van der Waals surface area contributed by atoms with Crippen LogP contribution < -0.4 is 4.72 Å². The van der Waals surface area contributed by atoms with Crippen LogP contribution in [0.25, 0.3) is 11.1 Å². The number of hydrogen-bond acceptors (Lipinski definition) is 4. The first-order chi connectivity index (χ1) is 15.3. The Balaban J connectivity index is 1.55. The number of rotatable bonds is 6. The number of hydrogen-bond donors (Lipinski definition) is 1. The molecule has 0 atom stereocenters. The molecule has 1 N–H and O–H groups in total. The monoisotopic (exact) mass is 463 g/mol. The number of aryl methyl sites for hydroxylation is 1. The van der Waals surface area contributed by atoms with Crippen molar-refractivity contribution in [2.45, 2.75) is 21.6 Å². The minimum absolute atomic E-state index is 0.142. The molecule has 0 bridgehead atoms. The second-order valence-electron chi connectivity index (χ2n) is 7.34. The molecule has 4 rings (SSSR count). The molecule has 4 aromatic carbocycles. The van der Waals surface area contributed by atoms with Crippen molar-refractivity contribution in [3.63, 3.8) is 0 Å². The lowest BCUT2D eigenvalue weighted by atomic mass is 10.1. The highest BCUT2D eigenvalue weighted by Gasteiger charge is 2.18. The van der Waals surface area contributed by atoms with E-state index in [9.17, 15) is 16.8 Å². The number of sulfonamides is 1. The number of para-hydroxylation sites is 1. The molecule has 0 amide bonds. The zero-order chi connectivity index (χ0) is 22.8. The highest BCUT2D eigenvalue weighted by molar-refractivity contribution is 7.92. The van der Waals surface area contributed by atoms with Gasteiger partial charge in [0, 0.05) is 5.69 Å². The van der Waals surface area contributed by atoms with Gasteiger partial charge in [-0.1, -0.05) is 60.2 Å². The average Bonchev–Trinajstić information content (AvgIpc) is 2.80. The van der Waals surface area contributed by atoms with Gasteiger partial charge in [-0.05, 0) is 66.6 Å². The van der Waals surface area contributed by atoms with Gasteiger partial charge in [-0.3, -0.25) is 4.72 Å². The van der Waals surface area contributed by atoms with Crippen molar-refractivity contribution in [2.24, 2.45) is 0 Å². The van der Waals surface area contributed by atoms with E-state index in [0.717, 1.165) is 16.7 Å². The van der Waals surface area contributed by atoms with Gasteiger partial charge in [0.25, 0.3) is 10.0 Å². The second kappa shape index (κ2) is 8.61. The molecule has 0 unspecified atom stereocenters. The first-order valence-electron chi connectivity index (χ1n) is 9.86. The maximum atomic E-state index is 12.8. The maximum Gasteiger partial charge on any atom is 0.261 e. The topological polar surface area (TPSA) is 80.3 Å². The Kier molecular flexibility index (Phi) is 5.86. The van der Waals surface area contributed by atoms with Crippen LogP contribution in [0.15, 0.2) is 118 Å². The molecule has 0 aliphatic heterocycles. The van der Waals surface area contributed by atoms with Crippen LogP contribution in [0, 0.1) is 6.92 Å². The molecule has 5 nitrogen and oxygen atoms in total. The highest BCUT2D eigenvalue weighted by atomic mass is 32.2. The number of benzene rings is 4. The Morgan fingerprint density at radius 3 is 1.47 bits per heavy atom. The van der Waals surface area contributed by atoms with E-state index in [0.29, 0.717) is 5.69 Å². The van der Waals surface area contributed by atoms with E-state index in [1.807, 2.05) is 13.0 Å². The van der Waals surface area contributed by atoms with E-state index in [2.05, 4.69) is 4.72 Å². The minimum Gasteiger partial charge on any atom is -0.280 e. The fourth-order valence-corrected chi connectivity index (χ4v) is 5.55. The third-order valence-electron chi connectivity index (χ3n) is 5.02. The lowest BCUT2D eigenvalue weighted by Crippen LogP contribution is -2.12. The molecule has 0 radical (unpaired) electrons. The summed E-state index contributed by atoms with van der Waals surface area (Å²) in [7, 11) is -7.30. The fraction of sp³-hybridized carbons (Fsp3) is 0.0400. The Hall–Kier alpha value is -3.42. The number of anilines is 1. The minimum atomic E-state index is -3.70. The average molecular weight is 464 g/mol. The molecule has 0 heterocycles. The first-order valence-corrected chi connectivity index (χ1v) is 12.8. The molecule has 0 aromatic heterocycles. The van der Waals surface area contributed by atoms with Crippen molar-refractivity contribution in [3.8, 4) is 11.1 Å². The van der Waals surface area contributed by atoms with Gasteiger partial charge >= 0.3 is 0 Å². The van der Waals surface area contributed by atoms with Crippen LogP contribution in [-0.4, -0.2) is 16.8 Å². The van der Waals surface area contributed by atoms with Crippen LogP contribution in [0.2, 0.25) is 0 Å². The molecular weight excluding hydrogens is 442 g/mol. The number of nitrogens with one attached hydrogen (secondary N) is 1. The van der Waals surface area contributed by atoms with Crippen LogP contribution in [-0.2, 0) is 19.9 Å². The Morgan fingerprint density at radius 1 is 0.531 bits per heavy atom. The van der Waals surface area contributed by atoms with E-state index in [4.69, 9.17) is 0 Å². The van der Waals surface area contributed by atoms with E-state index in [1.165, 1.54) is 12.1 Å². The Bertz CT molecular complexity index is 1430. The van der Waals surface area contributed by atoms with Crippen molar-refractivity contribution in [1.82, 2.24) is 0 Å². The molecule has 0 aliphatic rings. The molecule has 7 heteroatoms. The SMILES string of the molecule is Cc1ccc(S(=O)(=O)c2ccc(-c3ccc(S(=O)(=O)Nc4ccccc4)cc3)cc2)cc1. The van der Waals surface area contributed by atoms with Crippen LogP contribution in [0.3, 0.4) is 0 Å². The standard InChI is InChI=1S/C25H21NO4S2/c1-19-7-13-23(14-8-19)31(27,28)24-15-9-20(10-16-24)21-11-17-25(18-12-21)32(29,30)26-22-5-3-2-4-6-22/h2-18,26H,1H3. The summed E-state index contributed by atoms with van der Waals surface area (Å²) in [5, 5.41) is 0. The summed E-state index contributed by atoms with van der Waals surface area (Å²) in [4.78, 5) is 0.594. The van der Waals surface area contributed by atoms with E-state index < -0.39 is 19.9 Å². The highest BCUT2D eigenvalue weighted by Crippen LogP contribution is 2.26. The normalized spacial score (nSPS) is 11.8. The van der Waals surface area contributed by atoms with Crippen LogP contribution >= 0.6 is 0 Å². The zero-order valence-electron chi connectivity index (χ0n) is 17.3. The van der Waals surface area contributed by atoms with Gasteiger partial charge in [0.2, 0.25) is 9.84 Å². The van der Waals surface area contributed by atoms with Gasteiger partial charge in [0.1, 0.15) is 0 Å². The van der Waals surface area contributed by atoms with Crippen molar-refractivity contribution in [1.29, 1.82) is 0 Å². The molecule has 4 aromatic rings. The lowest BCUT2D eigenvalue weighted by molar-refractivity contribution is 0.595. The summed E-state index contributed by atoms with van der Waals surface area (Å²) < 4.78 is 53.4.